The number of alkyl halides is 3. The number of rotatable bonds is 3. The number of hydrogen-bond acceptors (Lipinski definition) is 4. The molecule has 5 rings (SSSR count). The summed E-state index contributed by atoms with van der Waals surface area (Å²) in [5, 5.41) is 4.79. The molecule has 0 radical (unpaired) electrons. The number of aromatic amines is 1. The van der Waals surface area contributed by atoms with Gasteiger partial charge < -0.3 is 14.5 Å². The summed E-state index contributed by atoms with van der Waals surface area (Å²) >= 11 is 0. The van der Waals surface area contributed by atoms with Gasteiger partial charge in [0.1, 0.15) is 5.65 Å². The number of fused-ring (bicyclic) bond motifs is 1. The van der Waals surface area contributed by atoms with Crippen LogP contribution in [-0.2, 0) is 15.7 Å². The van der Waals surface area contributed by atoms with Crippen molar-refractivity contribution < 1.29 is 22.6 Å². The van der Waals surface area contributed by atoms with E-state index in [1.54, 1.807) is 6.20 Å². The van der Waals surface area contributed by atoms with Gasteiger partial charge in [-0.15, -0.1) is 0 Å². The van der Waals surface area contributed by atoms with E-state index in [0.29, 0.717) is 37.7 Å². The van der Waals surface area contributed by atoms with Gasteiger partial charge in [0.15, 0.2) is 0 Å². The number of aromatic nitrogens is 4. The topological polar surface area (TPSA) is 65.0 Å². The average molecular weight is 392 g/mol. The highest BCUT2D eigenvalue weighted by Gasteiger charge is 2.34. The van der Waals surface area contributed by atoms with Gasteiger partial charge in [0.2, 0.25) is 0 Å². The van der Waals surface area contributed by atoms with Crippen molar-refractivity contribution in [3.63, 3.8) is 0 Å². The number of hydrogen-bond donors (Lipinski definition) is 1. The molecular weight excluding hydrogens is 373 g/mol. The van der Waals surface area contributed by atoms with Crippen molar-refractivity contribution in [2.45, 2.75) is 31.0 Å². The Morgan fingerprint density at radius 1 is 1.11 bits per heavy atom. The summed E-state index contributed by atoms with van der Waals surface area (Å²) in [6.45, 7) is 2.62. The Morgan fingerprint density at radius 2 is 1.93 bits per heavy atom. The molecule has 2 fully saturated rings. The van der Waals surface area contributed by atoms with Gasteiger partial charge in [-0.3, -0.25) is 4.68 Å². The van der Waals surface area contributed by atoms with Crippen LogP contribution in [0, 0.1) is 0 Å². The lowest BCUT2D eigenvalue weighted by molar-refractivity contribution is -0.136. The summed E-state index contributed by atoms with van der Waals surface area (Å²) < 4.78 is 52.8. The molecule has 1 N–H and O–H groups in total. The van der Waals surface area contributed by atoms with E-state index in [2.05, 4.69) is 9.97 Å². The first-order valence-electron chi connectivity index (χ1n) is 9.30. The predicted octanol–water partition coefficient (Wildman–Crippen LogP) is 3.91. The lowest BCUT2D eigenvalue weighted by Gasteiger charge is -2.16. The highest BCUT2D eigenvalue weighted by molar-refractivity contribution is 5.84. The van der Waals surface area contributed by atoms with Crippen LogP contribution in [0.4, 0.5) is 13.2 Å². The lowest BCUT2D eigenvalue weighted by Crippen LogP contribution is -2.16. The first-order valence-corrected chi connectivity index (χ1v) is 9.30. The monoisotopic (exact) mass is 392 g/mol. The molecule has 0 bridgehead atoms. The zero-order valence-electron chi connectivity index (χ0n) is 15.0. The van der Waals surface area contributed by atoms with Crippen molar-refractivity contribution in [2.24, 2.45) is 0 Å². The third-order valence-electron chi connectivity index (χ3n) is 5.50. The van der Waals surface area contributed by atoms with Crippen molar-refractivity contribution in [2.75, 3.05) is 26.4 Å². The Balaban J connectivity index is 1.59. The summed E-state index contributed by atoms with van der Waals surface area (Å²) in [5.74, 6) is 0.233. The molecule has 5 heterocycles. The number of nitrogens with zero attached hydrogens (tertiary/aromatic N) is 3. The van der Waals surface area contributed by atoms with E-state index in [0.717, 1.165) is 24.7 Å². The maximum atomic E-state index is 13.3. The zero-order chi connectivity index (χ0) is 19.3. The van der Waals surface area contributed by atoms with Gasteiger partial charge in [0.05, 0.1) is 30.5 Å². The Labute approximate surface area is 158 Å². The number of pyridine rings is 1. The number of nitrogens with one attached hydrogen (secondary N) is 1. The summed E-state index contributed by atoms with van der Waals surface area (Å²) in [4.78, 5) is 6.76. The largest absolute Gasteiger partial charge is 0.418 e. The van der Waals surface area contributed by atoms with Crippen LogP contribution in [0.3, 0.4) is 0 Å². The summed E-state index contributed by atoms with van der Waals surface area (Å²) in [7, 11) is 0. The molecule has 0 aliphatic carbocycles. The van der Waals surface area contributed by atoms with Crippen LogP contribution in [0.15, 0.2) is 24.5 Å². The van der Waals surface area contributed by atoms with Crippen LogP contribution in [0.5, 0.6) is 0 Å². The first kappa shape index (κ1) is 17.7. The minimum atomic E-state index is -4.44. The normalized spacial score (nSPS) is 23.1. The highest BCUT2D eigenvalue weighted by Crippen LogP contribution is 2.37. The fourth-order valence-electron chi connectivity index (χ4n) is 4.01. The molecule has 3 aromatic rings. The van der Waals surface area contributed by atoms with E-state index in [-0.39, 0.29) is 23.0 Å². The van der Waals surface area contributed by atoms with Crippen molar-refractivity contribution in [3.05, 3.63) is 35.8 Å². The second kappa shape index (κ2) is 6.59. The number of H-pyrrole nitrogens is 1. The van der Waals surface area contributed by atoms with Crippen LogP contribution in [0.25, 0.3) is 22.3 Å². The molecule has 2 aliphatic heterocycles. The summed E-state index contributed by atoms with van der Waals surface area (Å²) in [6.07, 6.45) is -0.143. The molecule has 0 amide bonds. The molecule has 0 aromatic carbocycles. The van der Waals surface area contributed by atoms with Gasteiger partial charge in [-0.2, -0.15) is 18.3 Å². The molecule has 28 heavy (non-hydrogen) atoms. The number of ether oxygens (including phenoxy) is 2. The maximum Gasteiger partial charge on any atom is 0.418 e. The Kier molecular flexibility index (Phi) is 4.17. The van der Waals surface area contributed by atoms with E-state index in [4.69, 9.17) is 14.6 Å². The smallest absolute Gasteiger partial charge is 0.381 e. The van der Waals surface area contributed by atoms with Crippen LogP contribution in [0.1, 0.15) is 36.1 Å². The van der Waals surface area contributed by atoms with Gasteiger partial charge in [-0.05, 0) is 25.0 Å². The maximum absolute atomic E-state index is 13.3. The van der Waals surface area contributed by atoms with E-state index in [9.17, 15) is 13.2 Å². The molecule has 0 spiro atoms. The standard InChI is InChI=1S/C19H19F3N4O2/c20-19(21,22)15-8-24-18-14(15)5-12(7-23-18)16-6-17(11-1-3-27-9-11)26(25-16)13-2-4-28-10-13/h5-8,11,13H,1-4,9-10H2,(H,23,24)/t11-,13+/m0/s1. The van der Waals surface area contributed by atoms with E-state index < -0.39 is 11.7 Å². The minimum Gasteiger partial charge on any atom is -0.381 e. The van der Waals surface area contributed by atoms with Crippen LogP contribution < -0.4 is 0 Å². The van der Waals surface area contributed by atoms with Crippen LogP contribution in [0.2, 0.25) is 0 Å². The van der Waals surface area contributed by atoms with E-state index in [1.807, 2.05) is 10.7 Å². The fourth-order valence-corrected chi connectivity index (χ4v) is 4.01. The van der Waals surface area contributed by atoms with Gasteiger partial charge in [0, 0.05) is 48.2 Å². The van der Waals surface area contributed by atoms with Crippen LogP contribution >= 0.6 is 0 Å². The summed E-state index contributed by atoms with van der Waals surface area (Å²) in [5.41, 5.74) is 1.73. The molecule has 3 aromatic heterocycles. The van der Waals surface area contributed by atoms with Crippen molar-refractivity contribution >= 4 is 11.0 Å². The fraction of sp³-hybridized carbons (Fsp3) is 0.474. The Hall–Kier alpha value is -2.39. The third kappa shape index (κ3) is 2.98. The Morgan fingerprint density at radius 3 is 2.64 bits per heavy atom. The van der Waals surface area contributed by atoms with Crippen molar-refractivity contribution in [3.8, 4) is 11.3 Å². The van der Waals surface area contributed by atoms with Gasteiger partial charge in [-0.25, -0.2) is 4.98 Å². The highest BCUT2D eigenvalue weighted by atomic mass is 19.4. The van der Waals surface area contributed by atoms with Crippen molar-refractivity contribution in [1.82, 2.24) is 19.7 Å². The van der Waals surface area contributed by atoms with E-state index in [1.165, 1.54) is 6.07 Å². The first-order chi connectivity index (χ1) is 13.5. The zero-order valence-corrected chi connectivity index (χ0v) is 15.0. The van der Waals surface area contributed by atoms with E-state index >= 15 is 0 Å². The van der Waals surface area contributed by atoms with Gasteiger partial charge >= 0.3 is 6.18 Å². The van der Waals surface area contributed by atoms with Crippen LogP contribution in [-0.4, -0.2) is 46.2 Å². The molecule has 9 heteroatoms. The second-order valence-electron chi connectivity index (χ2n) is 7.30. The Bertz CT molecular complexity index is 965. The predicted molar refractivity (Wildman–Crippen MR) is 95.0 cm³/mol. The van der Waals surface area contributed by atoms with Gasteiger partial charge in [0.25, 0.3) is 0 Å². The molecule has 2 aliphatic rings. The lowest BCUT2D eigenvalue weighted by atomic mass is 10.0. The quantitative estimate of drug-likeness (QED) is 0.734. The molecular formula is C19H19F3N4O2. The molecule has 2 atom stereocenters. The molecule has 6 nitrogen and oxygen atoms in total. The molecule has 148 valence electrons. The SMILES string of the molecule is FC(F)(F)c1c[nH]c2ncc(-c3cc([C@H]4CCOC4)n([C@@H]4CCOC4)n3)cc12. The molecule has 2 saturated heterocycles. The molecule has 0 saturated carbocycles. The molecule has 0 unspecified atom stereocenters. The number of halogens is 3. The third-order valence-corrected chi connectivity index (χ3v) is 5.50. The average Bonchev–Trinajstić information content (AvgIpc) is 3.46. The van der Waals surface area contributed by atoms with Crippen molar-refractivity contribution in [1.29, 1.82) is 0 Å². The van der Waals surface area contributed by atoms with Gasteiger partial charge in [-0.1, -0.05) is 0 Å². The minimum absolute atomic E-state index is 0.0505. The summed E-state index contributed by atoms with van der Waals surface area (Å²) in [6, 6.07) is 3.61. The second-order valence-corrected chi connectivity index (χ2v) is 7.30.